The van der Waals surface area contributed by atoms with Gasteiger partial charge >= 0.3 is 0 Å². The highest BCUT2D eigenvalue weighted by Crippen LogP contribution is 2.43. The van der Waals surface area contributed by atoms with Crippen LogP contribution in [0.25, 0.3) is 0 Å². The van der Waals surface area contributed by atoms with Gasteiger partial charge in [-0.25, -0.2) is 9.97 Å². The maximum Gasteiger partial charge on any atom is 0.223 e. The molecule has 0 radical (unpaired) electrons. The number of fused-ring (bicyclic) bond motifs is 4. The van der Waals surface area contributed by atoms with Gasteiger partial charge in [0.15, 0.2) is 0 Å². The van der Waals surface area contributed by atoms with E-state index in [0.717, 1.165) is 31.5 Å². The largest absolute Gasteiger partial charge is 0.332 e. The van der Waals surface area contributed by atoms with Crippen LogP contribution in [-0.2, 0) is 11.2 Å². The lowest BCUT2D eigenvalue weighted by Gasteiger charge is -2.36. The van der Waals surface area contributed by atoms with Crippen molar-refractivity contribution in [1.29, 1.82) is 0 Å². The monoisotopic (exact) mass is 285 g/mol. The van der Waals surface area contributed by atoms with Crippen LogP contribution in [0.2, 0.25) is 0 Å². The Morgan fingerprint density at radius 1 is 1.29 bits per heavy atom. The van der Waals surface area contributed by atoms with Crippen molar-refractivity contribution in [3.8, 4) is 0 Å². The Kier molecular flexibility index (Phi) is 3.20. The van der Waals surface area contributed by atoms with Crippen LogP contribution < -0.4 is 0 Å². The molecule has 1 saturated carbocycles. The number of rotatable bonds is 2. The highest BCUT2D eigenvalue weighted by Gasteiger charge is 2.43. The summed E-state index contributed by atoms with van der Waals surface area (Å²) in [6, 6.07) is 0.624. The van der Waals surface area contributed by atoms with E-state index in [1.165, 1.54) is 36.9 Å². The van der Waals surface area contributed by atoms with Crippen LogP contribution in [0.5, 0.6) is 0 Å². The molecule has 1 saturated heterocycles. The average Bonchev–Trinajstić information content (AvgIpc) is 3.06. The molecule has 4 nitrogen and oxygen atoms in total. The fourth-order valence-corrected chi connectivity index (χ4v) is 4.52. The quantitative estimate of drug-likeness (QED) is 0.839. The second-order valence-electron chi connectivity index (χ2n) is 6.93. The molecule has 2 bridgehead atoms. The third-order valence-corrected chi connectivity index (χ3v) is 5.54. The molecule has 2 atom stereocenters. The number of aryl methyl sites for hydroxylation is 1. The zero-order chi connectivity index (χ0) is 14.4. The SMILES string of the molecule is Cc1ncc2c(n1)C[C@@H]1CC[C@H]2N1C(=O)CC1CCCC1. The van der Waals surface area contributed by atoms with E-state index >= 15 is 0 Å². The lowest BCUT2D eigenvalue weighted by atomic mass is 9.96. The molecule has 3 aliphatic rings. The Balaban J connectivity index is 1.57. The van der Waals surface area contributed by atoms with E-state index in [4.69, 9.17) is 0 Å². The third-order valence-electron chi connectivity index (χ3n) is 5.54. The molecule has 1 aliphatic carbocycles. The molecule has 2 aliphatic heterocycles. The molecule has 21 heavy (non-hydrogen) atoms. The summed E-state index contributed by atoms with van der Waals surface area (Å²) in [6.45, 7) is 1.94. The van der Waals surface area contributed by atoms with Gasteiger partial charge in [-0.1, -0.05) is 12.8 Å². The van der Waals surface area contributed by atoms with Gasteiger partial charge in [-0.15, -0.1) is 0 Å². The molecule has 2 fully saturated rings. The highest BCUT2D eigenvalue weighted by atomic mass is 16.2. The highest BCUT2D eigenvalue weighted by molar-refractivity contribution is 5.78. The van der Waals surface area contributed by atoms with Crippen LogP contribution in [0, 0.1) is 12.8 Å². The molecule has 1 aromatic heterocycles. The number of nitrogens with zero attached hydrogens (tertiary/aromatic N) is 3. The Bertz CT molecular complexity index is 565. The number of hydrogen-bond acceptors (Lipinski definition) is 3. The predicted molar refractivity (Wildman–Crippen MR) is 79.7 cm³/mol. The molecule has 0 aromatic carbocycles. The van der Waals surface area contributed by atoms with Gasteiger partial charge in [0.25, 0.3) is 0 Å². The minimum atomic E-state index is 0.244. The number of hydrogen-bond donors (Lipinski definition) is 0. The first kappa shape index (κ1) is 13.2. The molecule has 4 rings (SSSR count). The lowest BCUT2D eigenvalue weighted by molar-refractivity contribution is -0.135. The summed E-state index contributed by atoms with van der Waals surface area (Å²) in [5.41, 5.74) is 2.38. The number of aromatic nitrogens is 2. The number of amides is 1. The second-order valence-corrected chi connectivity index (χ2v) is 6.93. The summed E-state index contributed by atoms with van der Waals surface area (Å²) in [5, 5.41) is 0. The van der Waals surface area contributed by atoms with Crippen LogP contribution in [0.15, 0.2) is 6.20 Å². The van der Waals surface area contributed by atoms with Gasteiger partial charge in [0.2, 0.25) is 5.91 Å². The van der Waals surface area contributed by atoms with E-state index in [-0.39, 0.29) is 6.04 Å². The Labute approximate surface area is 126 Å². The first-order valence-corrected chi connectivity index (χ1v) is 8.36. The predicted octanol–water partition coefficient (Wildman–Crippen LogP) is 2.95. The Morgan fingerprint density at radius 3 is 2.90 bits per heavy atom. The van der Waals surface area contributed by atoms with Crippen molar-refractivity contribution in [1.82, 2.24) is 14.9 Å². The number of carbonyl (C=O) groups excluding carboxylic acids is 1. The first-order chi connectivity index (χ1) is 10.2. The van der Waals surface area contributed by atoms with E-state index in [0.29, 0.717) is 17.9 Å². The van der Waals surface area contributed by atoms with Gasteiger partial charge in [-0.05, 0) is 38.5 Å². The molecule has 1 amide bonds. The Hall–Kier alpha value is -1.45. The molecule has 1 aromatic rings. The van der Waals surface area contributed by atoms with Gasteiger partial charge in [0, 0.05) is 30.6 Å². The van der Waals surface area contributed by atoms with Crippen LogP contribution in [0.3, 0.4) is 0 Å². The van der Waals surface area contributed by atoms with Gasteiger partial charge in [-0.3, -0.25) is 4.79 Å². The standard InChI is InChI=1S/C17H23N3O/c1-11-18-10-14-15(19-11)9-13-6-7-16(14)20(13)17(21)8-12-4-2-3-5-12/h10,12-13,16H,2-9H2,1H3/t13-,16+/m0/s1. The summed E-state index contributed by atoms with van der Waals surface area (Å²) >= 11 is 0. The van der Waals surface area contributed by atoms with Crippen molar-refractivity contribution < 1.29 is 4.79 Å². The minimum Gasteiger partial charge on any atom is -0.332 e. The molecule has 4 heteroatoms. The smallest absolute Gasteiger partial charge is 0.223 e. The zero-order valence-electron chi connectivity index (χ0n) is 12.7. The number of carbonyl (C=O) groups is 1. The molecule has 112 valence electrons. The summed E-state index contributed by atoms with van der Waals surface area (Å²) < 4.78 is 0. The van der Waals surface area contributed by atoms with E-state index in [1.807, 2.05) is 13.1 Å². The van der Waals surface area contributed by atoms with Crippen LogP contribution in [0.1, 0.15) is 68.1 Å². The van der Waals surface area contributed by atoms with Crippen LogP contribution in [0.4, 0.5) is 0 Å². The van der Waals surface area contributed by atoms with E-state index < -0.39 is 0 Å². The summed E-state index contributed by atoms with van der Waals surface area (Å²) in [7, 11) is 0. The lowest BCUT2D eigenvalue weighted by Crippen LogP contribution is -2.42. The van der Waals surface area contributed by atoms with E-state index in [9.17, 15) is 4.79 Å². The van der Waals surface area contributed by atoms with Crippen molar-refractivity contribution in [3.63, 3.8) is 0 Å². The fraction of sp³-hybridized carbons (Fsp3) is 0.706. The maximum atomic E-state index is 12.8. The average molecular weight is 285 g/mol. The molecule has 0 spiro atoms. The van der Waals surface area contributed by atoms with Crippen molar-refractivity contribution in [2.45, 2.75) is 70.4 Å². The van der Waals surface area contributed by atoms with Crippen molar-refractivity contribution >= 4 is 5.91 Å². The van der Waals surface area contributed by atoms with Crippen molar-refractivity contribution in [3.05, 3.63) is 23.3 Å². The fourth-order valence-electron chi connectivity index (χ4n) is 4.52. The summed E-state index contributed by atoms with van der Waals surface area (Å²) in [6.07, 6.45) is 10.9. The molecule has 0 N–H and O–H groups in total. The summed E-state index contributed by atoms with van der Waals surface area (Å²) in [5.74, 6) is 1.85. The molecular weight excluding hydrogens is 262 g/mol. The van der Waals surface area contributed by atoms with Crippen molar-refractivity contribution in [2.75, 3.05) is 0 Å². The van der Waals surface area contributed by atoms with E-state index in [2.05, 4.69) is 14.9 Å². The molecule has 3 heterocycles. The minimum absolute atomic E-state index is 0.244. The second kappa shape index (κ2) is 5.08. The van der Waals surface area contributed by atoms with Crippen LogP contribution >= 0.6 is 0 Å². The van der Waals surface area contributed by atoms with Gasteiger partial charge < -0.3 is 4.90 Å². The van der Waals surface area contributed by atoms with Crippen LogP contribution in [-0.4, -0.2) is 26.8 Å². The van der Waals surface area contributed by atoms with Gasteiger partial charge in [0.05, 0.1) is 11.7 Å². The maximum absolute atomic E-state index is 12.8. The third kappa shape index (κ3) is 2.25. The normalized spacial score (nSPS) is 28.0. The summed E-state index contributed by atoms with van der Waals surface area (Å²) in [4.78, 5) is 23.9. The van der Waals surface area contributed by atoms with Gasteiger partial charge in [0.1, 0.15) is 5.82 Å². The van der Waals surface area contributed by atoms with E-state index in [1.54, 1.807) is 0 Å². The topological polar surface area (TPSA) is 46.1 Å². The zero-order valence-corrected chi connectivity index (χ0v) is 12.7. The van der Waals surface area contributed by atoms with Gasteiger partial charge in [-0.2, -0.15) is 0 Å². The van der Waals surface area contributed by atoms with Crippen molar-refractivity contribution in [2.24, 2.45) is 5.92 Å². The first-order valence-electron chi connectivity index (χ1n) is 8.36. The Morgan fingerprint density at radius 2 is 2.10 bits per heavy atom. The molecular formula is C17H23N3O. The molecule has 0 unspecified atom stereocenters.